The van der Waals surface area contributed by atoms with Gasteiger partial charge in [0.15, 0.2) is 0 Å². The molecule has 0 atom stereocenters. The van der Waals surface area contributed by atoms with Crippen LogP contribution in [-0.2, 0) is 0 Å². The molecule has 58 valence electrons. The number of rotatable bonds is 2. The molecule has 2 N–H and O–H groups in total. The van der Waals surface area contributed by atoms with Gasteiger partial charge in [-0.3, -0.25) is 10.1 Å². The van der Waals surface area contributed by atoms with Gasteiger partial charge in [0.25, 0.3) is 5.69 Å². The molecule has 0 saturated carbocycles. The van der Waals surface area contributed by atoms with Crippen LogP contribution in [-0.4, -0.2) is 12.0 Å². The number of hydrogen-bond acceptors (Lipinski definition) is 2. The number of non-ortho nitro benzene ring substituents is 1. The second kappa shape index (κ2) is 3.12. The van der Waals surface area contributed by atoms with Gasteiger partial charge in [0, 0.05) is 6.07 Å². The van der Waals surface area contributed by atoms with E-state index in [1.165, 1.54) is 6.07 Å². The van der Waals surface area contributed by atoms with Crippen LogP contribution in [0.25, 0.3) is 0 Å². The fourth-order valence-corrected chi connectivity index (χ4v) is 0.818. The van der Waals surface area contributed by atoms with Crippen LogP contribution in [0.1, 0.15) is 0 Å². The van der Waals surface area contributed by atoms with Crippen LogP contribution in [0.2, 0.25) is 0 Å². The van der Waals surface area contributed by atoms with Crippen molar-refractivity contribution in [2.45, 2.75) is 0 Å². The molecule has 1 rings (SSSR count). The predicted molar refractivity (Wildman–Crippen MR) is 40.6 cm³/mol. The molecule has 11 heavy (non-hydrogen) atoms. The van der Waals surface area contributed by atoms with E-state index in [2.05, 4.69) is 0 Å². The smallest absolute Gasteiger partial charge is 0.275 e. The number of hydrogen-bond donors (Lipinski definition) is 1. The first-order chi connectivity index (χ1) is 5.24. The zero-order valence-electron chi connectivity index (χ0n) is 6.15. The third kappa shape index (κ3) is 1.75. The molecule has 0 aromatic heterocycles. The monoisotopic (exact) mass is 153 g/mol. The normalized spacial score (nSPS) is 9.55. The molecule has 0 aliphatic heterocycles. The molecule has 4 nitrogen and oxygen atoms in total. The van der Waals surface area contributed by atoms with E-state index in [1.807, 2.05) is 18.4 Å². The van der Waals surface area contributed by atoms with E-state index in [1.54, 1.807) is 12.1 Å². The standard InChI is InChI=1S/C7H8N2O2/c1-8-6-3-2-4-7(5-6)9(10)11/h2-5,8H,1H3/p+1. The Morgan fingerprint density at radius 2 is 2.27 bits per heavy atom. The minimum Gasteiger partial charge on any atom is -0.316 e. The summed E-state index contributed by atoms with van der Waals surface area (Å²) in [4.78, 5) is 9.86. The van der Waals surface area contributed by atoms with Crippen LogP contribution in [0.15, 0.2) is 24.3 Å². The number of quaternary nitrogens is 1. The summed E-state index contributed by atoms with van der Waals surface area (Å²) in [5.41, 5.74) is 1.01. The van der Waals surface area contributed by atoms with E-state index in [-0.39, 0.29) is 5.69 Å². The molecule has 0 aliphatic rings. The van der Waals surface area contributed by atoms with Gasteiger partial charge in [-0.15, -0.1) is 0 Å². The summed E-state index contributed by atoms with van der Waals surface area (Å²) in [7, 11) is 1.85. The van der Waals surface area contributed by atoms with Crippen LogP contribution >= 0.6 is 0 Å². The van der Waals surface area contributed by atoms with Crippen molar-refractivity contribution in [2.75, 3.05) is 7.05 Å². The number of nitrogens with two attached hydrogens (primary N) is 1. The molecular formula is C7H9N2O2+. The molecule has 0 unspecified atom stereocenters. The minimum atomic E-state index is -0.396. The second-order valence-electron chi connectivity index (χ2n) is 2.14. The molecule has 0 aliphatic carbocycles. The third-order valence-electron chi connectivity index (χ3n) is 1.41. The topological polar surface area (TPSA) is 59.8 Å². The van der Waals surface area contributed by atoms with Gasteiger partial charge in [0.2, 0.25) is 0 Å². The highest BCUT2D eigenvalue weighted by atomic mass is 16.6. The maximum atomic E-state index is 10.3. The Morgan fingerprint density at radius 3 is 2.82 bits per heavy atom. The van der Waals surface area contributed by atoms with E-state index < -0.39 is 4.92 Å². The van der Waals surface area contributed by atoms with E-state index in [0.29, 0.717) is 0 Å². The summed E-state index contributed by atoms with van der Waals surface area (Å²) < 4.78 is 0. The van der Waals surface area contributed by atoms with Gasteiger partial charge >= 0.3 is 0 Å². The van der Waals surface area contributed by atoms with Crippen molar-refractivity contribution in [3.63, 3.8) is 0 Å². The quantitative estimate of drug-likeness (QED) is 0.380. The lowest BCUT2D eigenvalue weighted by atomic mass is 10.3. The van der Waals surface area contributed by atoms with Gasteiger partial charge < -0.3 is 5.32 Å². The van der Waals surface area contributed by atoms with Crippen molar-refractivity contribution in [3.8, 4) is 0 Å². The van der Waals surface area contributed by atoms with E-state index in [4.69, 9.17) is 0 Å². The lowest BCUT2D eigenvalue weighted by Crippen LogP contribution is -2.72. The molecule has 0 bridgehead atoms. The molecule has 0 heterocycles. The van der Waals surface area contributed by atoms with Crippen LogP contribution in [0.5, 0.6) is 0 Å². The van der Waals surface area contributed by atoms with Gasteiger partial charge in [-0.1, -0.05) is 0 Å². The Hall–Kier alpha value is -1.42. The highest BCUT2D eigenvalue weighted by molar-refractivity contribution is 5.41. The Morgan fingerprint density at radius 1 is 1.55 bits per heavy atom. The number of benzene rings is 1. The van der Waals surface area contributed by atoms with E-state index >= 15 is 0 Å². The van der Waals surface area contributed by atoms with E-state index in [9.17, 15) is 10.1 Å². The van der Waals surface area contributed by atoms with Gasteiger partial charge in [0.1, 0.15) is 5.69 Å². The average Bonchev–Trinajstić information content (AvgIpc) is 2.05. The maximum absolute atomic E-state index is 10.3. The summed E-state index contributed by atoms with van der Waals surface area (Å²) >= 11 is 0. The number of nitrogens with zero attached hydrogens (tertiary/aromatic N) is 1. The first-order valence-electron chi connectivity index (χ1n) is 3.28. The van der Waals surface area contributed by atoms with E-state index in [0.717, 1.165) is 5.69 Å². The van der Waals surface area contributed by atoms with Gasteiger partial charge in [0.05, 0.1) is 18.0 Å². The molecule has 4 heteroatoms. The zero-order chi connectivity index (χ0) is 8.27. The van der Waals surface area contributed by atoms with Crippen LogP contribution in [0, 0.1) is 10.1 Å². The lowest BCUT2D eigenvalue weighted by Gasteiger charge is -1.92. The third-order valence-corrected chi connectivity index (χ3v) is 1.41. The van der Waals surface area contributed by atoms with Gasteiger partial charge in [-0.2, -0.15) is 0 Å². The zero-order valence-corrected chi connectivity index (χ0v) is 6.15. The Bertz CT molecular complexity index is 273. The number of nitro benzene ring substituents is 1. The second-order valence-corrected chi connectivity index (χ2v) is 2.14. The molecule has 0 amide bonds. The summed E-state index contributed by atoms with van der Waals surface area (Å²) in [5.74, 6) is 0. The highest BCUT2D eigenvalue weighted by Crippen LogP contribution is 2.12. The molecule has 0 spiro atoms. The lowest BCUT2D eigenvalue weighted by molar-refractivity contribution is -0.539. The van der Waals surface area contributed by atoms with Crippen molar-refractivity contribution in [1.29, 1.82) is 0 Å². The van der Waals surface area contributed by atoms with Crippen molar-refractivity contribution in [3.05, 3.63) is 34.4 Å². The van der Waals surface area contributed by atoms with Crippen LogP contribution < -0.4 is 5.32 Å². The largest absolute Gasteiger partial charge is 0.316 e. The van der Waals surface area contributed by atoms with Gasteiger partial charge in [-0.05, 0) is 12.1 Å². The predicted octanol–water partition coefficient (Wildman–Crippen LogP) is 0.419. The molecule has 0 fully saturated rings. The summed E-state index contributed by atoms with van der Waals surface area (Å²) in [6.45, 7) is 0. The Kier molecular flexibility index (Phi) is 2.18. The highest BCUT2D eigenvalue weighted by Gasteiger charge is 2.05. The summed E-state index contributed by atoms with van der Waals surface area (Å²) in [6, 6.07) is 6.52. The first-order valence-corrected chi connectivity index (χ1v) is 3.28. The molecular weight excluding hydrogens is 144 g/mol. The molecule has 1 aromatic rings. The first kappa shape index (κ1) is 7.68. The number of nitro groups is 1. The van der Waals surface area contributed by atoms with Crippen molar-refractivity contribution >= 4 is 11.4 Å². The fraction of sp³-hybridized carbons (Fsp3) is 0.143. The SMILES string of the molecule is C[NH2+]c1cccc([N+](=O)[O-])c1. The molecule has 0 radical (unpaired) electrons. The molecule has 1 aromatic carbocycles. The minimum absolute atomic E-state index is 0.139. The van der Waals surface area contributed by atoms with Crippen molar-refractivity contribution < 1.29 is 10.2 Å². The van der Waals surface area contributed by atoms with Crippen molar-refractivity contribution in [2.24, 2.45) is 0 Å². The summed E-state index contributed by atoms with van der Waals surface area (Å²) in [5, 5.41) is 12.1. The average molecular weight is 153 g/mol. The Balaban J connectivity index is 3.01. The van der Waals surface area contributed by atoms with Gasteiger partial charge in [-0.25, -0.2) is 0 Å². The van der Waals surface area contributed by atoms with Crippen molar-refractivity contribution in [1.82, 2.24) is 0 Å². The Labute approximate surface area is 64.0 Å². The fourth-order valence-electron chi connectivity index (χ4n) is 0.818. The van der Waals surface area contributed by atoms with Crippen LogP contribution in [0.3, 0.4) is 0 Å². The maximum Gasteiger partial charge on any atom is 0.275 e. The van der Waals surface area contributed by atoms with Crippen LogP contribution in [0.4, 0.5) is 11.4 Å². The molecule has 0 saturated heterocycles. The summed E-state index contributed by atoms with van der Waals surface area (Å²) in [6.07, 6.45) is 0.